The van der Waals surface area contributed by atoms with Crippen LogP contribution in [0, 0.1) is 23.6 Å². The molecule has 3 fully saturated rings. The van der Waals surface area contributed by atoms with Gasteiger partial charge in [-0.05, 0) is 97.3 Å². The highest BCUT2D eigenvalue weighted by Gasteiger charge is 2.58. The molecule has 3 aromatic carbocycles. The molecule has 0 unspecified atom stereocenters. The molecule has 0 aromatic heterocycles. The molecule has 0 radical (unpaired) electrons. The van der Waals surface area contributed by atoms with Gasteiger partial charge >= 0.3 is 7.12 Å². The lowest BCUT2D eigenvalue weighted by atomic mass is 9.58. The van der Waals surface area contributed by atoms with E-state index in [0.717, 1.165) is 67.8 Å². The average molecular weight is 707 g/mol. The molecule has 0 saturated carbocycles. The first kappa shape index (κ1) is 36.1. The van der Waals surface area contributed by atoms with Crippen molar-refractivity contribution >= 4 is 25.0 Å². The maximum Gasteiger partial charge on any atom is 0.455 e. The second-order valence-electron chi connectivity index (χ2n) is 14.8. The van der Waals surface area contributed by atoms with Crippen LogP contribution in [0.1, 0.15) is 63.0 Å². The zero-order valence-corrected chi connectivity index (χ0v) is 29.8. The first-order valence-electron chi connectivity index (χ1n) is 18.8. The molecule has 8 nitrogen and oxygen atoms in total. The first-order valence-corrected chi connectivity index (χ1v) is 18.8. The lowest BCUT2D eigenvalue weighted by Crippen LogP contribution is -2.48. The highest BCUT2D eigenvalue weighted by atomic mass is 19.1. The number of amides is 2. The molecule has 2 N–H and O–H groups in total. The van der Waals surface area contributed by atoms with Crippen molar-refractivity contribution in [3.63, 3.8) is 0 Å². The topological polar surface area (TPSA) is 99.5 Å². The van der Waals surface area contributed by atoms with E-state index in [1.807, 2.05) is 54.6 Å². The zero-order valence-electron chi connectivity index (χ0n) is 29.8. The second kappa shape index (κ2) is 16.2. The summed E-state index contributed by atoms with van der Waals surface area (Å²) in [5.41, 5.74) is 4.97. The Labute approximate surface area is 306 Å². The van der Waals surface area contributed by atoms with Crippen LogP contribution in [0.3, 0.4) is 0 Å². The number of halogens is 1. The number of para-hydroxylation sites is 1. The lowest BCUT2D eigenvalue weighted by Gasteiger charge is -2.43. The lowest BCUT2D eigenvalue weighted by molar-refractivity contribution is -0.144. The number of phenolic OH excluding ortho intramolecular Hbond substituents is 1. The normalized spacial score (nSPS) is 24.3. The molecule has 4 atom stereocenters. The Hall–Kier alpha value is -4.25. The van der Waals surface area contributed by atoms with E-state index in [1.54, 1.807) is 11.0 Å². The minimum Gasteiger partial charge on any atom is -0.505 e. The summed E-state index contributed by atoms with van der Waals surface area (Å²) < 4.78 is 26.7. The van der Waals surface area contributed by atoms with Crippen LogP contribution < -0.4 is 4.74 Å². The molecular weight excluding hydrogens is 658 g/mol. The van der Waals surface area contributed by atoms with Gasteiger partial charge in [0.1, 0.15) is 12.4 Å². The number of carbonyl (C=O) groups excluding carboxylic acids is 2. The van der Waals surface area contributed by atoms with Gasteiger partial charge in [-0.3, -0.25) is 19.4 Å². The quantitative estimate of drug-likeness (QED) is 0.119. The summed E-state index contributed by atoms with van der Waals surface area (Å²) in [4.78, 5) is 32.7. The summed E-state index contributed by atoms with van der Waals surface area (Å²) in [5.74, 6) is -1.93. The molecule has 3 saturated heterocycles. The molecule has 4 aliphatic rings. The number of hydrogen-bond donors (Lipinski definition) is 2. The van der Waals surface area contributed by atoms with E-state index in [2.05, 4.69) is 24.0 Å². The van der Waals surface area contributed by atoms with Crippen molar-refractivity contribution in [1.82, 2.24) is 9.80 Å². The fraction of sp³-hybridized carbons (Fsp3) is 0.429. The van der Waals surface area contributed by atoms with Crippen LogP contribution in [0.2, 0.25) is 6.32 Å². The molecule has 1 aliphatic carbocycles. The van der Waals surface area contributed by atoms with E-state index in [1.165, 1.54) is 17.7 Å². The standard InChI is InChI=1S/C42H48BFN2O6/c1-2-9-28(22-30-14-16-37(47)36(44)23-30)15-17-38-39-31(27-51-33-12-7-4-8-13-33)24-34-40(35(39)25-43(50)52-38)42(49)46(41(34)48)32-18-20-45(21-19-32)26-29-10-5-3-6-11-29/h3-8,10-14,16,22-23,32,34-35,38,40,47,50H,2,9,15,17-21,24-27H2,1H3/b28-22+/t34-,35+,38-,40-/m1/s1. The molecular formula is C42H48BFN2O6. The molecule has 3 aliphatic heterocycles. The van der Waals surface area contributed by atoms with E-state index in [4.69, 9.17) is 9.39 Å². The summed E-state index contributed by atoms with van der Waals surface area (Å²) in [6.07, 6.45) is 6.49. The first-order chi connectivity index (χ1) is 25.3. The number of fused-ring (bicyclic) bond motifs is 3. The average Bonchev–Trinajstić information content (AvgIpc) is 3.40. The van der Waals surface area contributed by atoms with Crippen molar-refractivity contribution in [2.75, 3.05) is 19.7 Å². The largest absolute Gasteiger partial charge is 0.505 e. The van der Waals surface area contributed by atoms with Crippen LogP contribution in [0.4, 0.5) is 4.39 Å². The number of phenols is 1. The monoisotopic (exact) mass is 706 g/mol. The van der Waals surface area contributed by atoms with Crippen LogP contribution in [0.25, 0.3) is 6.08 Å². The number of allylic oxidation sites excluding steroid dienone is 1. The summed E-state index contributed by atoms with van der Waals surface area (Å²) in [6.45, 7) is 4.83. The minimum absolute atomic E-state index is 0.0976. The van der Waals surface area contributed by atoms with Crippen LogP contribution in [-0.4, -0.2) is 70.7 Å². The van der Waals surface area contributed by atoms with Gasteiger partial charge in [-0.1, -0.05) is 79.6 Å². The third-order valence-corrected chi connectivity index (χ3v) is 11.3. The zero-order chi connectivity index (χ0) is 36.2. The number of likely N-dealkylation sites (tertiary alicyclic amines) is 2. The van der Waals surface area contributed by atoms with Crippen LogP contribution in [0.5, 0.6) is 11.5 Å². The van der Waals surface area contributed by atoms with Gasteiger partial charge < -0.3 is 19.5 Å². The Morgan fingerprint density at radius 2 is 1.71 bits per heavy atom. The smallest absolute Gasteiger partial charge is 0.455 e. The number of rotatable bonds is 12. The van der Waals surface area contributed by atoms with Gasteiger partial charge in [-0.25, -0.2) is 4.39 Å². The van der Waals surface area contributed by atoms with Gasteiger partial charge in [0.15, 0.2) is 11.6 Å². The third kappa shape index (κ3) is 7.89. The van der Waals surface area contributed by atoms with Gasteiger partial charge in [0, 0.05) is 25.7 Å². The van der Waals surface area contributed by atoms with Crippen LogP contribution >= 0.6 is 0 Å². The fourth-order valence-corrected chi connectivity index (χ4v) is 8.90. The molecule has 272 valence electrons. The maximum absolute atomic E-state index is 14.4. The number of carbonyl (C=O) groups is 2. The fourth-order valence-electron chi connectivity index (χ4n) is 8.90. The number of aromatic hydroxyl groups is 1. The molecule has 7 rings (SSSR count). The van der Waals surface area contributed by atoms with Crippen molar-refractivity contribution in [2.45, 2.75) is 76.9 Å². The van der Waals surface area contributed by atoms with Crippen LogP contribution in [-0.2, 0) is 20.8 Å². The number of imide groups is 1. The second-order valence-corrected chi connectivity index (χ2v) is 14.8. The number of ether oxygens (including phenoxy) is 1. The van der Waals surface area contributed by atoms with Gasteiger partial charge in [-0.2, -0.15) is 0 Å². The van der Waals surface area contributed by atoms with Crippen molar-refractivity contribution in [2.24, 2.45) is 17.8 Å². The Morgan fingerprint density at radius 1 is 0.981 bits per heavy atom. The van der Waals surface area contributed by atoms with Gasteiger partial charge in [-0.15, -0.1) is 0 Å². The highest BCUT2D eigenvalue weighted by molar-refractivity contribution is 6.43. The Morgan fingerprint density at radius 3 is 2.42 bits per heavy atom. The van der Waals surface area contributed by atoms with Crippen LogP contribution in [0.15, 0.2) is 95.6 Å². The third-order valence-electron chi connectivity index (χ3n) is 11.3. The highest BCUT2D eigenvalue weighted by Crippen LogP contribution is 2.51. The van der Waals surface area contributed by atoms with E-state index in [-0.39, 0.29) is 42.5 Å². The summed E-state index contributed by atoms with van der Waals surface area (Å²) in [7, 11) is -1.07. The van der Waals surface area contributed by atoms with Crippen molar-refractivity contribution in [1.29, 1.82) is 0 Å². The molecule has 52 heavy (non-hydrogen) atoms. The summed E-state index contributed by atoms with van der Waals surface area (Å²) in [5, 5.41) is 20.8. The Balaban J connectivity index is 1.13. The van der Waals surface area contributed by atoms with Gasteiger partial charge in [0.2, 0.25) is 11.8 Å². The molecule has 3 aromatic rings. The summed E-state index contributed by atoms with van der Waals surface area (Å²) >= 11 is 0. The maximum atomic E-state index is 14.4. The van der Waals surface area contributed by atoms with E-state index < -0.39 is 30.9 Å². The van der Waals surface area contributed by atoms with E-state index >= 15 is 0 Å². The van der Waals surface area contributed by atoms with E-state index in [0.29, 0.717) is 24.8 Å². The van der Waals surface area contributed by atoms with Gasteiger partial charge in [0.05, 0.1) is 17.9 Å². The number of piperidine rings is 1. The molecule has 0 bridgehead atoms. The number of benzene rings is 3. The van der Waals surface area contributed by atoms with Crippen molar-refractivity contribution in [3.05, 3.63) is 113 Å². The Bertz CT molecular complexity index is 1790. The summed E-state index contributed by atoms with van der Waals surface area (Å²) in [6, 6.07) is 24.2. The van der Waals surface area contributed by atoms with Crippen molar-refractivity contribution in [3.8, 4) is 11.5 Å². The molecule has 3 heterocycles. The van der Waals surface area contributed by atoms with Crippen molar-refractivity contribution < 1.29 is 33.5 Å². The molecule has 0 spiro atoms. The minimum atomic E-state index is -1.07. The number of nitrogens with zero attached hydrogens (tertiary/aromatic N) is 2. The molecule has 10 heteroatoms. The Kier molecular flexibility index (Phi) is 11.2. The predicted molar refractivity (Wildman–Crippen MR) is 198 cm³/mol. The van der Waals surface area contributed by atoms with Gasteiger partial charge in [0.25, 0.3) is 0 Å². The van der Waals surface area contributed by atoms with E-state index in [9.17, 15) is 24.1 Å². The molecule has 2 amide bonds. The number of hydrogen-bond acceptors (Lipinski definition) is 7. The predicted octanol–water partition coefficient (Wildman–Crippen LogP) is 7.04. The SMILES string of the molecule is CCC/C(=C\c1ccc(O)c(F)c1)CC[C@H]1OB(O)C[C@H]2C1=C(COc1ccccc1)C[C@H]1C(=O)N(C3CCN(Cc4ccccc4)CC3)C(=O)[C@H]12.